The molecule has 2 atom stereocenters. The molecule has 198 valence electrons. The van der Waals surface area contributed by atoms with Gasteiger partial charge in [-0.15, -0.1) is 0 Å². The molecule has 0 aromatic carbocycles. The Bertz CT molecular complexity index is 1090. The molecule has 2 aliphatic rings. The number of aromatic nitrogens is 3. The number of nitrogens with one attached hydrogen (secondary N) is 2. The van der Waals surface area contributed by atoms with Gasteiger partial charge >= 0.3 is 0 Å². The fourth-order valence-corrected chi connectivity index (χ4v) is 6.30. The molecule has 36 heavy (non-hydrogen) atoms. The zero-order valence-corrected chi connectivity index (χ0v) is 22.9. The average Bonchev–Trinajstić information content (AvgIpc) is 3.26. The summed E-state index contributed by atoms with van der Waals surface area (Å²) in [7, 11) is 0. The number of amides is 1. The highest BCUT2D eigenvalue weighted by atomic mass is 16.2. The molecule has 1 aliphatic carbocycles. The molecule has 1 saturated carbocycles. The van der Waals surface area contributed by atoms with Gasteiger partial charge in [0.2, 0.25) is 5.91 Å². The Hall–Kier alpha value is -2.57. The number of aryl methyl sites for hydroxylation is 2. The van der Waals surface area contributed by atoms with Crippen molar-refractivity contribution in [3.8, 4) is 0 Å². The smallest absolute Gasteiger partial charge is 0.253 e. The number of pyridine rings is 1. The minimum Gasteiger partial charge on any atom is -0.351 e. The van der Waals surface area contributed by atoms with Gasteiger partial charge in [0.25, 0.3) is 5.56 Å². The molecule has 3 heterocycles. The van der Waals surface area contributed by atoms with Crippen LogP contribution in [0, 0.1) is 13.8 Å². The molecular formula is C29H45N5O2. The molecular weight excluding hydrogens is 450 g/mol. The average molecular weight is 496 g/mol. The van der Waals surface area contributed by atoms with E-state index >= 15 is 0 Å². The molecule has 0 saturated heterocycles. The largest absolute Gasteiger partial charge is 0.351 e. The van der Waals surface area contributed by atoms with Crippen LogP contribution < -0.4 is 15.8 Å². The number of rotatable bonds is 5. The molecule has 4 rings (SSSR count). The minimum absolute atomic E-state index is 0.0172. The Morgan fingerprint density at radius 1 is 1.11 bits per heavy atom. The first-order valence-corrected chi connectivity index (χ1v) is 14.1. The van der Waals surface area contributed by atoms with E-state index in [1.54, 1.807) is 0 Å². The summed E-state index contributed by atoms with van der Waals surface area (Å²) in [4.78, 5) is 31.5. The van der Waals surface area contributed by atoms with Gasteiger partial charge in [-0.3, -0.25) is 9.59 Å². The highest BCUT2D eigenvalue weighted by molar-refractivity contribution is 5.86. The first-order valence-electron chi connectivity index (χ1n) is 14.1. The lowest BCUT2D eigenvalue weighted by Gasteiger charge is -2.44. The van der Waals surface area contributed by atoms with Crippen molar-refractivity contribution < 1.29 is 4.79 Å². The molecule has 7 nitrogen and oxygen atoms in total. The molecule has 2 N–H and O–H groups in total. The van der Waals surface area contributed by atoms with Crippen LogP contribution >= 0.6 is 0 Å². The van der Waals surface area contributed by atoms with Crippen LogP contribution in [0.3, 0.4) is 0 Å². The summed E-state index contributed by atoms with van der Waals surface area (Å²) in [6.45, 7) is 10.6. The van der Waals surface area contributed by atoms with Crippen LogP contribution in [-0.4, -0.2) is 32.8 Å². The lowest BCUT2D eigenvalue weighted by atomic mass is 9.85. The van der Waals surface area contributed by atoms with E-state index in [-0.39, 0.29) is 36.0 Å². The highest BCUT2D eigenvalue weighted by Crippen LogP contribution is 2.42. The van der Waals surface area contributed by atoms with E-state index < -0.39 is 0 Å². The maximum atomic E-state index is 13.5. The third-order valence-electron chi connectivity index (χ3n) is 8.18. The van der Waals surface area contributed by atoms with Gasteiger partial charge in [0.15, 0.2) is 0 Å². The molecule has 1 amide bonds. The maximum absolute atomic E-state index is 13.5. The van der Waals surface area contributed by atoms with Gasteiger partial charge in [-0.05, 0) is 65.5 Å². The van der Waals surface area contributed by atoms with Gasteiger partial charge in [0.1, 0.15) is 5.82 Å². The normalized spacial score (nSPS) is 21.9. The van der Waals surface area contributed by atoms with E-state index in [2.05, 4.69) is 40.7 Å². The molecule has 0 bridgehead atoms. The van der Waals surface area contributed by atoms with Crippen LogP contribution in [0.1, 0.15) is 119 Å². The van der Waals surface area contributed by atoms with Gasteiger partial charge in [-0.25, -0.2) is 4.68 Å². The topological polar surface area (TPSA) is 83.0 Å². The number of carbonyl (C=O) groups excluding carboxylic acids is 1. The number of hydrogen-bond donors (Lipinski definition) is 2. The van der Waals surface area contributed by atoms with Crippen molar-refractivity contribution in [2.45, 2.75) is 129 Å². The predicted octanol–water partition coefficient (Wildman–Crippen LogP) is 5.66. The van der Waals surface area contributed by atoms with Crippen LogP contribution in [0.4, 0.5) is 5.82 Å². The monoisotopic (exact) mass is 495 g/mol. The van der Waals surface area contributed by atoms with Crippen molar-refractivity contribution in [1.82, 2.24) is 20.1 Å². The van der Waals surface area contributed by atoms with Crippen LogP contribution in [0.5, 0.6) is 0 Å². The second kappa shape index (κ2) is 11.7. The second-order valence-corrected chi connectivity index (χ2v) is 11.4. The zero-order chi connectivity index (χ0) is 25.8. The van der Waals surface area contributed by atoms with E-state index in [0.717, 1.165) is 29.1 Å². The van der Waals surface area contributed by atoms with Crippen LogP contribution in [0.2, 0.25) is 0 Å². The fourth-order valence-electron chi connectivity index (χ4n) is 6.30. The summed E-state index contributed by atoms with van der Waals surface area (Å²) in [5, 5.41) is 7.86. The van der Waals surface area contributed by atoms with Crippen LogP contribution in [-0.2, 0) is 11.3 Å². The summed E-state index contributed by atoms with van der Waals surface area (Å²) in [6.07, 6.45) is 14.4. The Labute approximate surface area is 216 Å². The molecule has 2 aromatic rings. The maximum Gasteiger partial charge on any atom is 0.253 e. The van der Waals surface area contributed by atoms with Crippen LogP contribution in [0.25, 0.3) is 0 Å². The zero-order valence-electron chi connectivity index (χ0n) is 22.9. The van der Waals surface area contributed by atoms with Gasteiger partial charge in [-0.2, -0.15) is 5.10 Å². The Balaban J connectivity index is 1.60. The third-order valence-corrected chi connectivity index (χ3v) is 8.18. The van der Waals surface area contributed by atoms with Crippen LogP contribution in [0.15, 0.2) is 17.1 Å². The van der Waals surface area contributed by atoms with Crippen molar-refractivity contribution >= 4 is 11.7 Å². The van der Waals surface area contributed by atoms with Crippen molar-refractivity contribution in [2.75, 3.05) is 4.90 Å². The lowest BCUT2D eigenvalue weighted by Crippen LogP contribution is -2.49. The summed E-state index contributed by atoms with van der Waals surface area (Å²) in [5.41, 5.74) is 3.27. The molecule has 0 radical (unpaired) electrons. The number of anilines is 1. The Kier molecular flexibility index (Phi) is 8.58. The van der Waals surface area contributed by atoms with Gasteiger partial charge in [-0.1, -0.05) is 44.9 Å². The highest BCUT2D eigenvalue weighted by Gasteiger charge is 2.40. The molecule has 1 fully saturated rings. The number of H-pyrrole nitrogens is 1. The Morgan fingerprint density at radius 3 is 2.36 bits per heavy atom. The molecule has 2 aromatic heterocycles. The van der Waals surface area contributed by atoms with Gasteiger partial charge in [0.05, 0.1) is 12.1 Å². The first kappa shape index (κ1) is 26.5. The fraction of sp³-hybridized carbons (Fsp3) is 0.690. The van der Waals surface area contributed by atoms with E-state index in [9.17, 15) is 9.59 Å². The number of carbonyl (C=O) groups is 1. The van der Waals surface area contributed by atoms with Crippen molar-refractivity contribution in [3.63, 3.8) is 0 Å². The second-order valence-electron chi connectivity index (χ2n) is 11.4. The quantitative estimate of drug-likeness (QED) is 0.561. The summed E-state index contributed by atoms with van der Waals surface area (Å²) < 4.78 is 2.12. The minimum atomic E-state index is -0.261. The van der Waals surface area contributed by atoms with E-state index in [1.807, 2.05) is 26.1 Å². The summed E-state index contributed by atoms with van der Waals surface area (Å²) in [6, 6.07) is 2.91. The standard InChI is InChI=1S/C29H45N5O2/c1-19(2)34-29-26(18-31-34)24(27(35)30-17-25-20(3)15-21(4)32-28(25)36)16-22(5)33(29)23-13-11-9-7-6-8-10-12-14-23/h15,18-19,22-24H,6-14,16-17H2,1-5H3,(H,30,35)(H,32,36). The number of aromatic amines is 1. The van der Waals surface area contributed by atoms with Crippen molar-refractivity contribution in [3.05, 3.63) is 45.0 Å². The molecule has 7 heteroatoms. The predicted molar refractivity (Wildman–Crippen MR) is 146 cm³/mol. The summed E-state index contributed by atoms with van der Waals surface area (Å²) in [5.74, 6) is 0.856. The molecule has 1 aliphatic heterocycles. The van der Waals surface area contributed by atoms with Gasteiger partial charge in [0, 0.05) is 41.5 Å². The van der Waals surface area contributed by atoms with Crippen molar-refractivity contribution in [2.24, 2.45) is 0 Å². The SMILES string of the molecule is Cc1cc(C)c(CNC(=O)C2CC(C)N(C3CCCCCCCCC3)c3c2cnn3C(C)C)c(=O)[nH]1. The first-order chi connectivity index (χ1) is 17.3. The molecule has 0 spiro atoms. The third kappa shape index (κ3) is 5.70. The van der Waals surface area contributed by atoms with E-state index in [0.29, 0.717) is 11.6 Å². The van der Waals surface area contributed by atoms with Crippen molar-refractivity contribution in [1.29, 1.82) is 0 Å². The summed E-state index contributed by atoms with van der Waals surface area (Å²) >= 11 is 0. The number of hydrogen-bond acceptors (Lipinski definition) is 4. The molecule has 2 unspecified atom stereocenters. The van der Waals surface area contributed by atoms with E-state index in [4.69, 9.17) is 5.10 Å². The number of nitrogens with zero attached hydrogens (tertiary/aromatic N) is 3. The van der Waals surface area contributed by atoms with Gasteiger partial charge < -0.3 is 15.2 Å². The van der Waals surface area contributed by atoms with E-state index in [1.165, 1.54) is 57.8 Å². The Morgan fingerprint density at radius 2 is 1.75 bits per heavy atom. The lowest BCUT2D eigenvalue weighted by molar-refractivity contribution is -0.123. The number of fused-ring (bicyclic) bond motifs is 1.